The van der Waals surface area contributed by atoms with Crippen LogP contribution in [-0.2, 0) is 5.75 Å². The standard InChI is InChI=1S/C19H12F2N4O2S2/c20-13-7-6-11(8-14(13)21)10-28-19-24-23-18(29-19)22-17(26)15-9-16(27-25-15)12-4-2-1-3-5-12/h1-9H,10H2,(H,22,23,26). The minimum atomic E-state index is -0.893. The molecule has 2 aromatic carbocycles. The molecule has 2 aromatic heterocycles. The number of nitrogens with one attached hydrogen (secondary N) is 1. The van der Waals surface area contributed by atoms with Crippen molar-refractivity contribution in [1.82, 2.24) is 15.4 Å². The molecule has 2 heterocycles. The second-order valence-electron chi connectivity index (χ2n) is 5.81. The van der Waals surface area contributed by atoms with Gasteiger partial charge in [-0.2, -0.15) is 0 Å². The van der Waals surface area contributed by atoms with E-state index < -0.39 is 17.5 Å². The van der Waals surface area contributed by atoms with Crippen molar-refractivity contribution in [2.24, 2.45) is 0 Å². The van der Waals surface area contributed by atoms with Crippen LogP contribution in [-0.4, -0.2) is 21.3 Å². The maximum Gasteiger partial charge on any atom is 0.279 e. The van der Waals surface area contributed by atoms with E-state index >= 15 is 0 Å². The van der Waals surface area contributed by atoms with Gasteiger partial charge in [0.05, 0.1) is 0 Å². The Labute approximate surface area is 172 Å². The molecule has 0 aliphatic rings. The van der Waals surface area contributed by atoms with Crippen LogP contribution < -0.4 is 5.32 Å². The summed E-state index contributed by atoms with van der Waals surface area (Å²) in [7, 11) is 0. The van der Waals surface area contributed by atoms with Crippen LogP contribution in [0.5, 0.6) is 0 Å². The van der Waals surface area contributed by atoms with Gasteiger partial charge < -0.3 is 4.52 Å². The van der Waals surface area contributed by atoms with Crippen molar-refractivity contribution in [3.63, 3.8) is 0 Å². The number of halogens is 2. The molecule has 10 heteroatoms. The van der Waals surface area contributed by atoms with Crippen molar-refractivity contribution < 1.29 is 18.1 Å². The van der Waals surface area contributed by atoms with Crippen LogP contribution in [0.3, 0.4) is 0 Å². The zero-order valence-corrected chi connectivity index (χ0v) is 16.3. The van der Waals surface area contributed by atoms with Crippen molar-refractivity contribution in [1.29, 1.82) is 0 Å². The normalized spacial score (nSPS) is 10.8. The van der Waals surface area contributed by atoms with Crippen molar-refractivity contribution in [3.05, 3.63) is 77.5 Å². The number of thioether (sulfide) groups is 1. The quantitative estimate of drug-likeness (QED) is 0.342. The number of hydrogen-bond acceptors (Lipinski definition) is 7. The molecular formula is C19H12F2N4O2S2. The molecule has 1 N–H and O–H groups in total. The monoisotopic (exact) mass is 430 g/mol. The van der Waals surface area contributed by atoms with Gasteiger partial charge in [-0.15, -0.1) is 10.2 Å². The van der Waals surface area contributed by atoms with Crippen molar-refractivity contribution in [2.45, 2.75) is 10.1 Å². The molecule has 0 saturated heterocycles. The predicted molar refractivity (Wildman–Crippen MR) is 106 cm³/mol. The molecule has 0 radical (unpaired) electrons. The lowest BCUT2D eigenvalue weighted by Gasteiger charge is -1.99. The summed E-state index contributed by atoms with van der Waals surface area (Å²) in [6.45, 7) is 0. The number of carbonyl (C=O) groups excluding carboxylic acids is 1. The molecule has 4 rings (SSSR count). The first-order chi connectivity index (χ1) is 14.1. The molecule has 0 unspecified atom stereocenters. The molecule has 0 atom stereocenters. The largest absolute Gasteiger partial charge is 0.355 e. The van der Waals surface area contributed by atoms with Gasteiger partial charge in [0.15, 0.2) is 27.4 Å². The Hall–Kier alpha value is -3.11. The molecule has 0 aliphatic heterocycles. The highest BCUT2D eigenvalue weighted by atomic mass is 32.2. The molecule has 6 nitrogen and oxygen atoms in total. The lowest BCUT2D eigenvalue weighted by Crippen LogP contribution is -2.11. The molecule has 4 aromatic rings. The Kier molecular flexibility index (Phi) is 5.63. The second kappa shape index (κ2) is 8.50. The molecule has 0 spiro atoms. The Balaban J connectivity index is 1.37. The van der Waals surface area contributed by atoms with Gasteiger partial charge in [0, 0.05) is 17.4 Å². The lowest BCUT2D eigenvalue weighted by atomic mass is 10.1. The number of amides is 1. The van der Waals surface area contributed by atoms with E-state index in [1.54, 1.807) is 6.07 Å². The molecule has 0 bridgehead atoms. The van der Waals surface area contributed by atoms with Crippen LogP contribution >= 0.6 is 23.1 Å². The SMILES string of the molecule is O=C(Nc1nnc(SCc2ccc(F)c(F)c2)s1)c1cc(-c2ccccc2)on1. The van der Waals surface area contributed by atoms with Crippen molar-refractivity contribution in [3.8, 4) is 11.3 Å². The fourth-order valence-electron chi connectivity index (χ4n) is 2.37. The lowest BCUT2D eigenvalue weighted by molar-refractivity contribution is 0.101. The van der Waals surface area contributed by atoms with E-state index in [-0.39, 0.29) is 5.69 Å². The molecule has 0 saturated carbocycles. The van der Waals surface area contributed by atoms with E-state index in [0.717, 1.165) is 17.7 Å². The van der Waals surface area contributed by atoms with Crippen molar-refractivity contribution >= 4 is 34.1 Å². The van der Waals surface area contributed by atoms with E-state index in [9.17, 15) is 13.6 Å². The summed E-state index contributed by atoms with van der Waals surface area (Å²) in [6, 6.07) is 14.6. The third kappa shape index (κ3) is 4.66. The number of aromatic nitrogens is 3. The first-order valence-corrected chi connectivity index (χ1v) is 10.1. The third-order valence-electron chi connectivity index (χ3n) is 3.77. The van der Waals surface area contributed by atoms with Gasteiger partial charge in [-0.25, -0.2) is 8.78 Å². The van der Waals surface area contributed by atoms with Gasteiger partial charge in [-0.3, -0.25) is 10.1 Å². The minimum absolute atomic E-state index is 0.120. The van der Waals surface area contributed by atoms with Gasteiger partial charge >= 0.3 is 0 Å². The van der Waals surface area contributed by atoms with E-state index in [2.05, 4.69) is 20.7 Å². The number of rotatable bonds is 6. The highest BCUT2D eigenvalue weighted by molar-refractivity contribution is 8.00. The zero-order valence-electron chi connectivity index (χ0n) is 14.6. The van der Waals surface area contributed by atoms with E-state index in [0.29, 0.717) is 26.5 Å². The number of carbonyl (C=O) groups is 1. The third-order valence-corrected chi connectivity index (χ3v) is 5.82. The zero-order chi connectivity index (χ0) is 20.2. The molecule has 0 aliphatic carbocycles. The maximum atomic E-state index is 13.3. The first-order valence-electron chi connectivity index (χ1n) is 8.32. The summed E-state index contributed by atoms with van der Waals surface area (Å²) in [5.74, 6) is -1.37. The van der Waals surface area contributed by atoms with Gasteiger partial charge in [-0.1, -0.05) is 64.7 Å². The average Bonchev–Trinajstić information content (AvgIpc) is 3.39. The van der Waals surface area contributed by atoms with Crippen molar-refractivity contribution in [2.75, 3.05) is 5.32 Å². The average molecular weight is 430 g/mol. The van der Waals surface area contributed by atoms with E-state index in [1.165, 1.54) is 29.2 Å². The number of benzene rings is 2. The van der Waals surface area contributed by atoms with Crippen LogP contribution in [0.15, 0.2) is 63.5 Å². The van der Waals surface area contributed by atoms with Crippen LogP contribution in [0.4, 0.5) is 13.9 Å². The Morgan fingerprint density at radius 2 is 1.90 bits per heavy atom. The predicted octanol–water partition coefficient (Wildman–Crippen LogP) is 5.02. The number of anilines is 1. The maximum absolute atomic E-state index is 13.3. The fourth-order valence-corrected chi connectivity index (χ4v) is 4.06. The van der Waals surface area contributed by atoms with Gasteiger partial charge in [0.1, 0.15) is 0 Å². The Bertz CT molecular complexity index is 1150. The minimum Gasteiger partial charge on any atom is -0.355 e. The van der Waals surface area contributed by atoms with E-state index in [4.69, 9.17) is 4.52 Å². The van der Waals surface area contributed by atoms with Crippen LogP contribution in [0.1, 0.15) is 16.1 Å². The molecule has 146 valence electrons. The van der Waals surface area contributed by atoms with E-state index in [1.807, 2.05) is 30.3 Å². The number of nitrogens with zero attached hydrogens (tertiary/aromatic N) is 3. The first kappa shape index (κ1) is 19.2. The highest BCUT2D eigenvalue weighted by Gasteiger charge is 2.16. The molecular weight excluding hydrogens is 418 g/mol. The fraction of sp³-hybridized carbons (Fsp3) is 0.0526. The van der Waals surface area contributed by atoms with Crippen LogP contribution in [0, 0.1) is 11.6 Å². The summed E-state index contributed by atoms with van der Waals surface area (Å²) < 4.78 is 32.0. The van der Waals surface area contributed by atoms with Gasteiger partial charge in [0.2, 0.25) is 5.13 Å². The molecule has 29 heavy (non-hydrogen) atoms. The number of hydrogen-bond donors (Lipinski definition) is 1. The van der Waals surface area contributed by atoms with Crippen LogP contribution in [0.2, 0.25) is 0 Å². The van der Waals surface area contributed by atoms with Gasteiger partial charge in [0.25, 0.3) is 5.91 Å². The Morgan fingerprint density at radius 1 is 1.07 bits per heavy atom. The topological polar surface area (TPSA) is 80.9 Å². The second-order valence-corrected chi connectivity index (χ2v) is 8.01. The smallest absolute Gasteiger partial charge is 0.279 e. The summed E-state index contributed by atoms with van der Waals surface area (Å²) >= 11 is 2.47. The summed E-state index contributed by atoms with van der Waals surface area (Å²) in [6.07, 6.45) is 0. The highest BCUT2D eigenvalue weighted by Crippen LogP contribution is 2.29. The Morgan fingerprint density at radius 3 is 2.69 bits per heavy atom. The van der Waals surface area contributed by atoms with Crippen LogP contribution in [0.25, 0.3) is 11.3 Å². The summed E-state index contributed by atoms with van der Waals surface area (Å²) in [5, 5.41) is 14.6. The summed E-state index contributed by atoms with van der Waals surface area (Å²) in [5.41, 5.74) is 1.55. The summed E-state index contributed by atoms with van der Waals surface area (Å²) in [4.78, 5) is 12.3. The molecule has 1 amide bonds. The molecule has 0 fully saturated rings. The van der Waals surface area contributed by atoms with Gasteiger partial charge in [-0.05, 0) is 17.7 Å².